The summed E-state index contributed by atoms with van der Waals surface area (Å²) in [5.74, 6) is -2.07. The van der Waals surface area contributed by atoms with Gasteiger partial charge in [0.05, 0.1) is 32.0 Å². The molecule has 66 heavy (non-hydrogen) atoms. The second kappa shape index (κ2) is 17.1. The SMILES string of the molecule is CC[C@]1(O)C[C@H]2CN(CCc3c([nH]c4ccc(SCCNC(C)=O)cc34)[C@@](C(=O)OC)(C3C=C4C(=CC3OC)N(C)[C@H]3[C@@](O)(C(=O)OC)[C@H](OC(C)=O)[C@]5(CC)C=CCN6CC[C@]43[C@@H]65)C2)C1. The van der Waals surface area contributed by atoms with Crippen molar-refractivity contribution in [2.24, 2.45) is 22.7 Å². The Kier molecular flexibility index (Phi) is 12.1. The number of likely N-dealkylation sites (tertiary alicyclic amines) is 1. The van der Waals surface area contributed by atoms with E-state index in [0.29, 0.717) is 83.5 Å². The van der Waals surface area contributed by atoms with Crippen LogP contribution in [0.25, 0.3) is 10.9 Å². The van der Waals surface area contributed by atoms with Crippen molar-refractivity contribution in [2.75, 3.05) is 73.4 Å². The van der Waals surface area contributed by atoms with Crippen LogP contribution in [0.2, 0.25) is 0 Å². The third kappa shape index (κ3) is 6.77. The van der Waals surface area contributed by atoms with Crippen molar-refractivity contribution in [3.63, 3.8) is 0 Å². The average Bonchev–Trinajstić information content (AvgIpc) is 3.96. The average molecular weight is 930 g/mol. The summed E-state index contributed by atoms with van der Waals surface area (Å²) >= 11 is 1.65. The molecule has 3 saturated heterocycles. The number of nitrogens with one attached hydrogen (secondary N) is 2. The first-order valence-corrected chi connectivity index (χ1v) is 24.7. The number of aromatic amines is 1. The van der Waals surface area contributed by atoms with Crippen molar-refractivity contribution in [2.45, 2.75) is 112 Å². The summed E-state index contributed by atoms with van der Waals surface area (Å²) in [5, 5.41) is 29.5. The lowest BCUT2D eigenvalue weighted by molar-refractivity contribution is -0.243. The lowest BCUT2D eigenvalue weighted by atomic mass is 9.47. The molecule has 9 rings (SSSR count). The Hall–Kier alpha value is -4.19. The smallest absolute Gasteiger partial charge is 0.344 e. The van der Waals surface area contributed by atoms with E-state index in [2.05, 4.69) is 62.6 Å². The molecule has 16 heteroatoms. The summed E-state index contributed by atoms with van der Waals surface area (Å²) in [6.07, 6.45) is 9.46. The largest absolute Gasteiger partial charge is 0.468 e. The molecule has 4 fully saturated rings. The number of esters is 3. The van der Waals surface area contributed by atoms with E-state index >= 15 is 4.79 Å². The lowest BCUT2D eigenvalue weighted by Gasteiger charge is -2.63. The monoisotopic (exact) mass is 929 g/mol. The Morgan fingerprint density at radius 1 is 0.985 bits per heavy atom. The van der Waals surface area contributed by atoms with Crippen LogP contribution in [-0.4, -0.2) is 163 Å². The molecule has 12 atom stereocenters. The molecule has 1 spiro atoms. The molecule has 358 valence electrons. The maximum atomic E-state index is 15.6. The van der Waals surface area contributed by atoms with Crippen LogP contribution < -0.4 is 5.32 Å². The molecule has 7 aliphatic rings. The van der Waals surface area contributed by atoms with Gasteiger partial charge in [-0.1, -0.05) is 32.1 Å². The highest BCUT2D eigenvalue weighted by Gasteiger charge is 2.81. The van der Waals surface area contributed by atoms with Crippen LogP contribution in [0, 0.1) is 22.7 Å². The molecule has 0 radical (unpaired) electrons. The predicted octanol–water partition coefficient (Wildman–Crippen LogP) is 3.86. The fourth-order valence-electron chi connectivity index (χ4n) is 14.5. The first kappa shape index (κ1) is 46.9. The molecular formula is C50H67N5O10S. The van der Waals surface area contributed by atoms with Crippen molar-refractivity contribution in [1.29, 1.82) is 0 Å². The summed E-state index contributed by atoms with van der Waals surface area (Å²) in [6.45, 7) is 10.6. The number of nitrogens with zero attached hydrogens (tertiary/aromatic N) is 3. The molecule has 5 aliphatic heterocycles. The van der Waals surface area contributed by atoms with E-state index < -0.39 is 69.5 Å². The quantitative estimate of drug-likeness (QED) is 0.0839. The number of thioether (sulfide) groups is 1. The van der Waals surface area contributed by atoms with E-state index in [0.717, 1.165) is 38.3 Å². The Bertz CT molecular complexity index is 2400. The van der Waals surface area contributed by atoms with Gasteiger partial charge >= 0.3 is 17.9 Å². The normalized spacial score (nSPS) is 37.8. The van der Waals surface area contributed by atoms with E-state index in [1.54, 1.807) is 18.9 Å². The molecule has 6 heterocycles. The molecule has 1 aromatic carbocycles. The Morgan fingerprint density at radius 2 is 1.76 bits per heavy atom. The van der Waals surface area contributed by atoms with Gasteiger partial charge in [-0.15, -0.1) is 11.8 Å². The molecule has 1 amide bonds. The summed E-state index contributed by atoms with van der Waals surface area (Å²) in [6, 6.07) is 5.07. The molecule has 2 aromatic rings. The first-order chi connectivity index (χ1) is 31.5. The van der Waals surface area contributed by atoms with Gasteiger partial charge in [0.2, 0.25) is 11.5 Å². The number of aliphatic hydroxyl groups is 2. The number of likely N-dealkylation sites (N-methyl/N-ethyl adjacent to an activating group) is 1. The first-order valence-electron chi connectivity index (χ1n) is 23.7. The maximum Gasteiger partial charge on any atom is 0.344 e. The molecule has 4 N–H and O–H groups in total. The number of benzene rings is 1. The number of amides is 1. The van der Waals surface area contributed by atoms with Gasteiger partial charge in [-0.3, -0.25) is 24.2 Å². The minimum absolute atomic E-state index is 0.0730. The second-order valence-corrected chi connectivity index (χ2v) is 21.2. The maximum absolute atomic E-state index is 15.6. The predicted molar refractivity (Wildman–Crippen MR) is 248 cm³/mol. The highest BCUT2D eigenvalue weighted by atomic mass is 32.2. The number of aromatic nitrogens is 1. The van der Waals surface area contributed by atoms with Gasteiger partial charge in [0.1, 0.15) is 5.41 Å². The zero-order valence-electron chi connectivity index (χ0n) is 39.6. The summed E-state index contributed by atoms with van der Waals surface area (Å²) < 4.78 is 24.3. The van der Waals surface area contributed by atoms with E-state index in [-0.39, 0.29) is 17.9 Å². The number of rotatable bonds is 11. The summed E-state index contributed by atoms with van der Waals surface area (Å²) in [7, 11) is 6.23. The van der Waals surface area contributed by atoms with Crippen molar-refractivity contribution in [1.82, 2.24) is 25.0 Å². The number of allylic oxidation sites excluding steroid dienone is 1. The number of H-pyrrole nitrogens is 1. The van der Waals surface area contributed by atoms with Gasteiger partial charge in [0.15, 0.2) is 6.10 Å². The number of piperidine rings is 1. The Morgan fingerprint density at radius 3 is 2.44 bits per heavy atom. The number of hydrogen-bond acceptors (Lipinski definition) is 14. The number of fused-ring (bicyclic) bond motifs is 6. The van der Waals surface area contributed by atoms with E-state index in [1.807, 2.05) is 25.8 Å². The Balaban J connectivity index is 1.29. The fourth-order valence-corrected chi connectivity index (χ4v) is 15.3. The van der Waals surface area contributed by atoms with Gasteiger partial charge in [-0.2, -0.15) is 0 Å². The molecule has 15 nitrogen and oxygen atoms in total. The van der Waals surface area contributed by atoms with Crippen LogP contribution in [0.5, 0.6) is 0 Å². The minimum atomic E-state index is -2.31. The highest BCUT2D eigenvalue weighted by molar-refractivity contribution is 7.99. The molecule has 1 saturated carbocycles. The molecule has 2 bridgehead atoms. The number of hydrogen-bond donors (Lipinski definition) is 4. The summed E-state index contributed by atoms with van der Waals surface area (Å²) in [5.41, 5.74) is -2.21. The van der Waals surface area contributed by atoms with Crippen molar-refractivity contribution >= 4 is 46.5 Å². The standard InChI is InChI=1S/C50H67N5O10S/c1-9-46(60)25-31-26-49(44(58)63-7,40-33(14-19-54(27-31)28-46)34-22-32(12-13-37(34)52-40)66-21-17-51-29(3)56)36-23-35-38(24-39(36)62-6)53(5)42-48(35)16-20-55-18-11-15-47(10-2,41(48)55)43(65-30(4)57)50(42,61)45(59)64-8/h11-13,15,22-24,31,36,39,41-43,52,60-61H,9-10,14,16-21,25-28H2,1-8H3,(H,51,56)/t31-,36?,39?,41+,42-,43-,46+,47-,48-,49+,50+/m1/s1. The highest BCUT2D eigenvalue weighted by Crippen LogP contribution is 2.70. The number of carbonyl (C=O) groups is 4. The topological polar surface area (TPSA) is 183 Å². The van der Waals surface area contributed by atoms with Crippen LogP contribution >= 0.6 is 11.8 Å². The summed E-state index contributed by atoms with van der Waals surface area (Å²) in [4.78, 5) is 66.4. The molecule has 3 unspecified atom stereocenters. The van der Waals surface area contributed by atoms with Gasteiger partial charge in [-0.25, -0.2) is 4.79 Å². The van der Waals surface area contributed by atoms with Crippen LogP contribution in [0.1, 0.15) is 71.1 Å². The van der Waals surface area contributed by atoms with Crippen molar-refractivity contribution in [3.8, 4) is 0 Å². The fraction of sp³-hybridized carbons (Fsp3) is 0.640. The van der Waals surface area contributed by atoms with Crippen molar-refractivity contribution < 1.29 is 48.3 Å². The lowest BCUT2D eigenvalue weighted by Crippen LogP contribution is -2.79. The van der Waals surface area contributed by atoms with E-state index in [4.69, 9.17) is 18.9 Å². The van der Waals surface area contributed by atoms with Gasteiger partial charge in [0.25, 0.3) is 0 Å². The zero-order chi connectivity index (χ0) is 47.1. The van der Waals surface area contributed by atoms with Gasteiger partial charge < -0.3 is 44.4 Å². The zero-order valence-corrected chi connectivity index (χ0v) is 40.4. The Labute approximate surface area is 391 Å². The third-order valence-electron chi connectivity index (χ3n) is 16.8. The molecular weight excluding hydrogens is 863 g/mol. The number of ether oxygens (including phenoxy) is 4. The van der Waals surface area contributed by atoms with Gasteiger partial charge in [-0.05, 0) is 86.4 Å². The number of methoxy groups -OCH3 is 3. The minimum Gasteiger partial charge on any atom is -0.468 e. The van der Waals surface area contributed by atoms with Crippen LogP contribution in [-0.2, 0) is 50.0 Å². The second-order valence-electron chi connectivity index (χ2n) is 20.1. The molecule has 2 aliphatic carbocycles. The van der Waals surface area contributed by atoms with Crippen LogP contribution in [0.4, 0.5) is 0 Å². The van der Waals surface area contributed by atoms with Gasteiger partial charge in [0, 0.05) is 116 Å². The van der Waals surface area contributed by atoms with Crippen LogP contribution in [0.15, 0.2) is 58.7 Å². The van der Waals surface area contributed by atoms with Crippen LogP contribution in [0.3, 0.4) is 0 Å². The van der Waals surface area contributed by atoms with E-state index in [1.165, 1.54) is 28.1 Å². The number of carbonyl (C=O) groups excluding carboxylic acids is 4. The van der Waals surface area contributed by atoms with Crippen molar-refractivity contribution in [3.05, 3.63) is 65.0 Å². The third-order valence-corrected chi connectivity index (χ3v) is 17.8. The van der Waals surface area contributed by atoms with E-state index in [9.17, 15) is 24.6 Å². The molecule has 1 aromatic heterocycles.